The fourth-order valence-electron chi connectivity index (χ4n) is 1.85. The van der Waals surface area contributed by atoms with Gasteiger partial charge in [0.25, 0.3) is 0 Å². The molecule has 1 fully saturated rings. The standard InChI is InChI=1S/C13H16BrNO2/c1-9-7-10(3-4-11(9)14)15-8-13(5-6-13)12(16)17-2/h3-4,7,15H,5-6,8H2,1-2H3. The van der Waals surface area contributed by atoms with Crippen molar-refractivity contribution in [1.82, 2.24) is 0 Å². The Balaban J connectivity index is 1.98. The van der Waals surface area contributed by atoms with Crippen LogP contribution in [-0.2, 0) is 9.53 Å². The molecule has 17 heavy (non-hydrogen) atoms. The summed E-state index contributed by atoms with van der Waals surface area (Å²) in [7, 11) is 1.45. The van der Waals surface area contributed by atoms with E-state index in [-0.39, 0.29) is 11.4 Å². The Bertz CT molecular complexity index is 441. The van der Waals surface area contributed by atoms with E-state index in [2.05, 4.69) is 27.3 Å². The van der Waals surface area contributed by atoms with Crippen LogP contribution in [0.1, 0.15) is 18.4 Å². The highest BCUT2D eigenvalue weighted by atomic mass is 79.9. The third-order valence-electron chi connectivity index (χ3n) is 3.26. The zero-order valence-electron chi connectivity index (χ0n) is 10.0. The lowest BCUT2D eigenvalue weighted by molar-refractivity contribution is -0.146. The Morgan fingerprint density at radius 1 is 1.53 bits per heavy atom. The first kappa shape index (κ1) is 12.4. The largest absolute Gasteiger partial charge is 0.469 e. The summed E-state index contributed by atoms with van der Waals surface area (Å²) in [6, 6.07) is 6.08. The van der Waals surface area contributed by atoms with Gasteiger partial charge in [-0.05, 0) is 43.5 Å². The minimum Gasteiger partial charge on any atom is -0.469 e. The van der Waals surface area contributed by atoms with Crippen molar-refractivity contribution >= 4 is 27.6 Å². The normalized spacial score (nSPS) is 16.4. The molecule has 0 radical (unpaired) electrons. The van der Waals surface area contributed by atoms with Crippen molar-refractivity contribution in [2.24, 2.45) is 5.41 Å². The van der Waals surface area contributed by atoms with Gasteiger partial charge in [0.2, 0.25) is 0 Å². The Hall–Kier alpha value is -1.03. The van der Waals surface area contributed by atoms with Crippen molar-refractivity contribution in [3.05, 3.63) is 28.2 Å². The molecular formula is C13H16BrNO2. The number of rotatable bonds is 4. The van der Waals surface area contributed by atoms with E-state index >= 15 is 0 Å². The van der Waals surface area contributed by atoms with Crippen LogP contribution in [0, 0.1) is 12.3 Å². The van der Waals surface area contributed by atoms with Crippen molar-refractivity contribution in [2.75, 3.05) is 19.0 Å². The number of carbonyl (C=O) groups excluding carboxylic acids is 1. The van der Waals surface area contributed by atoms with E-state index in [1.165, 1.54) is 12.7 Å². The maximum atomic E-state index is 11.6. The minimum atomic E-state index is -0.282. The second kappa shape index (κ2) is 4.69. The number of esters is 1. The summed E-state index contributed by atoms with van der Waals surface area (Å²) in [5.74, 6) is -0.0983. The summed E-state index contributed by atoms with van der Waals surface area (Å²) in [6.45, 7) is 2.70. The van der Waals surface area contributed by atoms with E-state index < -0.39 is 0 Å². The molecule has 1 aromatic rings. The van der Waals surface area contributed by atoms with Gasteiger partial charge in [0, 0.05) is 16.7 Å². The van der Waals surface area contributed by atoms with Gasteiger partial charge in [-0.3, -0.25) is 4.79 Å². The minimum absolute atomic E-state index is 0.0983. The second-order valence-corrected chi connectivity index (χ2v) is 5.44. The van der Waals surface area contributed by atoms with Crippen LogP contribution >= 0.6 is 15.9 Å². The molecule has 0 aliphatic heterocycles. The summed E-state index contributed by atoms with van der Waals surface area (Å²) in [4.78, 5) is 11.6. The average Bonchev–Trinajstić information content (AvgIpc) is 3.11. The van der Waals surface area contributed by atoms with Gasteiger partial charge < -0.3 is 10.1 Å². The Morgan fingerprint density at radius 3 is 2.76 bits per heavy atom. The molecule has 1 aromatic carbocycles. The molecule has 0 spiro atoms. The molecule has 3 nitrogen and oxygen atoms in total. The topological polar surface area (TPSA) is 38.3 Å². The summed E-state index contributed by atoms with van der Waals surface area (Å²) in [6.07, 6.45) is 1.84. The third-order valence-corrected chi connectivity index (χ3v) is 4.15. The van der Waals surface area contributed by atoms with Gasteiger partial charge in [-0.1, -0.05) is 15.9 Å². The molecule has 0 unspecified atom stereocenters. The van der Waals surface area contributed by atoms with E-state index in [0.29, 0.717) is 6.54 Å². The van der Waals surface area contributed by atoms with Gasteiger partial charge in [-0.2, -0.15) is 0 Å². The highest BCUT2D eigenvalue weighted by Gasteiger charge is 2.50. The van der Waals surface area contributed by atoms with E-state index in [0.717, 1.165) is 23.0 Å². The van der Waals surface area contributed by atoms with Crippen LogP contribution in [0.5, 0.6) is 0 Å². The lowest BCUT2D eigenvalue weighted by atomic mass is 10.1. The molecule has 1 saturated carbocycles. The van der Waals surface area contributed by atoms with Crippen molar-refractivity contribution in [1.29, 1.82) is 0 Å². The van der Waals surface area contributed by atoms with Gasteiger partial charge in [0.15, 0.2) is 0 Å². The number of hydrogen-bond acceptors (Lipinski definition) is 3. The molecule has 4 heteroatoms. The third kappa shape index (κ3) is 2.63. The molecule has 0 aromatic heterocycles. The van der Waals surface area contributed by atoms with Crippen molar-refractivity contribution in [3.63, 3.8) is 0 Å². The van der Waals surface area contributed by atoms with Crippen LogP contribution in [0.25, 0.3) is 0 Å². The van der Waals surface area contributed by atoms with Crippen LogP contribution in [-0.4, -0.2) is 19.6 Å². The van der Waals surface area contributed by atoms with Gasteiger partial charge in [-0.15, -0.1) is 0 Å². The SMILES string of the molecule is COC(=O)C1(CNc2ccc(Br)c(C)c2)CC1. The predicted molar refractivity (Wildman–Crippen MR) is 71.1 cm³/mol. The first-order valence-corrected chi connectivity index (χ1v) is 6.45. The van der Waals surface area contributed by atoms with Crippen LogP contribution < -0.4 is 5.32 Å². The molecule has 0 saturated heterocycles. The zero-order chi connectivity index (χ0) is 12.5. The van der Waals surface area contributed by atoms with Gasteiger partial charge >= 0.3 is 5.97 Å². The van der Waals surface area contributed by atoms with E-state index in [1.54, 1.807) is 0 Å². The highest BCUT2D eigenvalue weighted by Crippen LogP contribution is 2.46. The molecule has 1 aliphatic rings. The monoisotopic (exact) mass is 297 g/mol. The number of hydrogen-bond donors (Lipinski definition) is 1. The highest BCUT2D eigenvalue weighted by molar-refractivity contribution is 9.10. The molecule has 0 bridgehead atoms. The lowest BCUT2D eigenvalue weighted by Crippen LogP contribution is -2.25. The number of anilines is 1. The second-order valence-electron chi connectivity index (χ2n) is 4.59. The maximum Gasteiger partial charge on any atom is 0.313 e. The molecule has 0 atom stereocenters. The molecule has 2 rings (SSSR count). The fourth-order valence-corrected chi connectivity index (χ4v) is 2.09. The number of carbonyl (C=O) groups is 1. The van der Waals surface area contributed by atoms with E-state index in [4.69, 9.17) is 4.74 Å². The number of aryl methyl sites for hydroxylation is 1. The molecular weight excluding hydrogens is 282 g/mol. The van der Waals surface area contributed by atoms with Crippen LogP contribution in [0.15, 0.2) is 22.7 Å². The Kier molecular flexibility index (Phi) is 3.43. The predicted octanol–water partition coefficient (Wildman–Crippen LogP) is 3.12. The van der Waals surface area contributed by atoms with Crippen LogP contribution in [0.3, 0.4) is 0 Å². The lowest BCUT2D eigenvalue weighted by Gasteiger charge is -2.15. The van der Waals surface area contributed by atoms with Crippen LogP contribution in [0.4, 0.5) is 5.69 Å². The summed E-state index contributed by atoms with van der Waals surface area (Å²) >= 11 is 3.46. The Labute approximate surface area is 110 Å². The smallest absolute Gasteiger partial charge is 0.313 e. The van der Waals surface area contributed by atoms with Gasteiger partial charge in [-0.25, -0.2) is 0 Å². The van der Waals surface area contributed by atoms with Gasteiger partial charge in [0.05, 0.1) is 12.5 Å². The molecule has 0 amide bonds. The number of halogens is 1. The van der Waals surface area contributed by atoms with Crippen molar-refractivity contribution < 1.29 is 9.53 Å². The van der Waals surface area contributed by atoms with E-state index in [9.17, 15) is 4.79 Å². The molecule has 1 N–H and O–H groups in total. The summed E-state index contributed by atoms with van der Waals surface area (Å²) in [5, 5.41) is 3.31. The zero-order valence-corrected chi connectivity index (χ0v) is 11.6. The Morgan fingerprint density at radius 2 is 2.24 bits per heavy atom. The molecule has 1 aliphatic carbocycles. The number of methoxy groups -OCH3 is 1. The first-order chi connectivity index (χ1) is 8.07. The number of benzene rings is 1. The summed E-state index contributed by atoms with van der Waals surface area (Å²) in [5.41, 5.74) is 1.94. The van der Waals surface area contributed by atoms with Gasteiger partial charge in [0.1, 0.15) is 0 Å². The summed E-state index contributed by atoms with van der Waals surface area (Å²) < 4.78 is 5.92. The van der Waals surface area contributed by atoms with E-state index in [1.807, 2.05) is 19.1 Å². The average molecular weight is 298 g/mol. The fraction of sp³-hybridized carbons (Fsp3) is 0.462. The number of nitrogens with one attached hydrogen (secondary N) is 1. The maximum absolute atomic E-state index is 11.6. The molecule has 92 valence electrons. The molecule has 0 heterocycles. The number of ether oxygens (including phenoxy) is 1. The van der Waals surface area contributed by atoms with Crippen molar-refractivity contribution in [3.8, 4) is 0 Å². The van der Waals surface area contributed by atoms with Crippen molar-refractivity contribution in [2.45, 2.75) is 19.8 Å². The van der Waals surface area contributed by atoms with Crippen LogP contribution in [0.2, 0.25) is 0 Å². The quantitative estimate of drug-likeness (QED) is 0.868. The first-order valence-electron chi connectivity index (χ1n) is 5.66.